The molecule has 152 valence electrons. The van der Waals surface area contributed by atoms with Crippen LogP contribution in [0.2, 0.25) is 39.3 Å². The van der Waals surface area contributed by atoms with Gasteiger partial charge in [0.1, 0.15) is 5.78 Å². The van der Waals surface area contributed by atoms with Gasteiger partial charge in [-0.3, -0.25) is 0 Å². The summed E-state index contributed by atoms with van der Waals surface area (Å²) in [7, 11) is -2.80. The summed E-state index contributed by atoms with van der Waals surface area (Å²) in [5.41, 5.74) is 3.09. The molecule has 0 heterocycles. The average Bonchev–Trinajstić information content (AvgIpc) is 3.13. The van der Waals surface area contributed by atoms with Gasteiger partial charge < -0.3 is 43.5 Å². The van der Waals surface area contributed by atoms with Crippen molar-refractivity contribution in [3.63, 3.8) is 0 Å². The second-order valence-electron chi connectivity index (χ2n) is 8.12. The van der Waals surface area contributed by atoms with E-state index in [0.717, 1.165) is 17.7 Å². The molecule has 0 aliphatic heterocycles. The normalized spacial score (nSPS) is 11.3. The second kappa shape index (κ2) is 11.2. The Hall–Kier alpha value is -0.757. The van der Waals surface area contributed by atoms with Gasteiger partial charge in [0.2, 0.25) is 0 Å². The molecule has 26 heavy (non-hydrogen) atoms. The third kappa shape index (κ3) is 11.1. The molecular formula is C20H32FeO3Si2-6. The van der Waals surface area contributed by atoms with Crippen molar-refractivity contribution in [2.45, 2.75) is 59.4 Å². The molecule has 0 spiro atoms. The monoisotopic (exact) mass is 432 g/mol. The van der Waals surface area contributed by atoms with Crippen molar-refractivity contribution < 1.29 is 30.7 Å². The third-order valence-corrected chi connectivity index (χ3v) is 5.37. The van der Waals surface area contributed by atoms with Gasteiger partial charge in [0.25, 0.3) is 0 Å². The molecule has 0 saturated heterocycles. The van der Waals surface area contributed by atoms with E-state index in [1.807, 2.05) is 30.3 Å². The SMILES string of the molecule is CC(=O)[c-]1cccc1CO[Si](C)(C)C.C[Si](C)(C)OC[c-]1[cH-][cH-][cH-][cH-]1.[Fe]. The molecule has 0 saturated carbocycles. The van der Waals surface area contributed by atoms with E-state index in [4.69, 9.17) is 8.85 Å². The summed E-state index contributed by atoms with van der Waals surface area (Å²) in [6.07, 6.45) is 0. The van der Waals surface area contributed by atoms with Gasteiger partial charge in [0, 0.05) is 23.7 Å². The zero-order chi connectivity index (χ0) is 19.1. The van der Waals surface area contributed by atoms with Crippen LogP contribution in [0.15, 0.2) is 42.5 Å². The summed E-state index contributed by atoms with van der Waals surface area (Å²) in [5, 5.41) is 0. The van der Waals surface area contributed by atoms with E-state index in [0.29, 0.717) is 6.61 Å². The molecule has 6 heteroatoms. The van der Waals surface area contributed by atoms with Crippen molar-refractivity contribution in [1.82, 2.24) is 0 Å². The fraction of sp³-hybridized carbons (Fsp3) is 0.450. The number of ketones is 1. The fourth-order valence-electron chi connectivity index (χ4n) is 2.03. The van der Waals surface area contributed by atoms with Crippen molar-refractivity contribution in [3.05, 3.63) is 59.2 Å². The number of hydrogen-bond donors (Lipinski definition) is 0. The Morgan fingerprint density at radius 2 is 1.58 bits per heavy atom. The first kappa shape index (κ1) is 25.2. The van der Waals surface area contributed by atoms with Crippen LogP contribution in [0, 0.1) is 0 Å². The Kier molecular flexibility index (Phi) is 10.8. The molecule has 2 aromatic carbocycles. The molecule has 0 N–H and O–H groups in total. The molecule has 0 unspecified atom stereocenters. The first-order chi connectivity index (χ1) is 11.5. The quantitative estimate of drug-likeness (QED) is 0.319. The number of hydrogen-bond acceptors (Lipinski definition) is 3. The average molecular weight is 432 g/mol. The van der Waals surface area contributed by atoms with Crippen molar-refractivity contribution in [2.75, 3.05) is 0 Å². The summed E-state index contributed by atoms with van der Waals surface area (Å²) in [5.74, 6) is 0.115. The van der Waals surface area contributed by atoms with E-state index in [9.17, 15) is 4.79 Å². The van der Waals surface area contributed by atoms with Crippen LogP contribution in [-0.2, 0) is 39.1 Å². The first-order valence-electron chi connectivity index (χ1n) is 8.72. The predicted molar refractivity (Wildman–Crippen MR) is 110 cm³/mol. The van der Waals surface area contributed by atoms with Crippen molar-refractivity contribution in [3.8, 4) is 0 Å². The van der Waals surface area contributed by atoms with Crippen molar-refractivity contribution >= 4 is 22.4 Å². The molecule has 2 rings (SSSR count). The van der Waals surface area contributed by atoms with Gasteiger partial charge in [-0.15, -0.1) is 12.2 Å². The first-order valence-corrected chi connectivity index (χ1v) is 15.5. The van der Waals surface area contributed by atoms with E-state index in [2.05, 4.69) is 51.4 Å². The minimum atomic E-state index is -1.48. The number of carbonyl (C=O) groups excluding carboxylic acids is 1. The Morgan fingerprint density at radius 3 is 2.04 bits per heavy atom. The topological polar surface area (TPSA) is 35.5 Å². The molecule has 0 aliphatic rings. The maximum atomic E-state index is 11.2. The van der Waals surface area contributed by atoms with Gasteiger partial charge >= 0.3 is 0 Å². The number of Topliss-reactive ketones (excluding diaryl/α,β-unsaturated/α-hetero) is 1. The van der Waals surface area contributed by atoms with E-state index >= 15 is 0 Å². The molecule has 0 fully saturated rings. The molecule has 0 atom stereocenters. The maximum Gasteiger partial charge on any atom is 0.184 e. The fourth-order valence-corrected chi connectivity index (χ4v) is 3.22. The van der Waals surface area contributed by atoms with Gasteiger partial charge in [0.15, 0.2) is 16.6 Å². The van der Waals surface area contributed by atoms with E-state index in [1.54, 1.807) is 6.92 Å². The van der Waals surface area contributed by atoms with Crippen LogP contribution in [0.1, 0.15) is 28.4 Å². The molecular weight excluding hydrogens is 400 g/mol. The summed E-state index contributed by atoms with van der Waals surface area (Å²) in [6.45, 7) is 16.0. The summed E-state index contributed by atoms with van der Waals surface area (Å²) in [4.78, 5) is 11.2. The molecule has 2 aromatic rings. The second-order valence-corrected chi connectivity index (χ2v) is 17.1. The standard InChI is InChI=1S/C11H17O2Si.C9H15OSi.Fe/c1-9(12)11-7-5-6-10(11)8-13-14(2,3)4;1-11(2,3)10-8-9-6-4-5-7-9;/h5-7H,8H2,1-4H3;4-7H,8H2,1-3H3;/q-1;-5;. The molecule has 0 amide bonds. The molecule has 0 bridgehead atoms. The van der Waals surface area contributed by atoms with Crippen molar-refractivity contribution in [2.24, 2.45) is 0 Å². The molecule has 0 aliphatic carbocycles. The minimum absolute atomic E-state index is 0. The Labute approximate surface area is 171 Å². The van der Waals surface area contributed by atoms with Gasteiger partial charge in [0.05, 0.1) is 0 Å². The van der Waals surface area contributed by atoms with E-state index in [1.165, 1.54) is 5.56 Å². The van der Waals surface area contributed by atoms with Crippen LogP contribution < -0.4 is 0 Å². The van der Waals surface area contributed by atoms with Crippen LogP contribution in [0.3, 0.4) is 0 Å². The molecule has 0 aromatic heterocycles. The van der Waals surface area contributed by atoms with E-state index < -0.39 is 16.6 Å². The van der Waals surface area contributed by atoms with Crippen LogP contribution in [0.25, 0.3) is 0 Å². The Balaban J connectivity index is 0.000000475. The van der Waals surface area contributed by atoms with Gasteiger partial charge in [-0.1, -0.05) is 5.56 Å². The van der Waals surface area contributed by atoms with Gasteiger partial charge in [-0.05, 0) is 46.2 Å². The van der Waals surface area contributed by atoms with Crippen LogP contribution in [0.4, 0.5) is 0 Å². The Bertz CT molecular complexity index is 635. The minimum Gasteiger partial charge on any atom is -0.747 e. The van der Waals surface area contributed by atoms with E-state index in [-0.39, 0.29) is 22.9 Å². The maximum absolute atomic E-state index is 11.2. The summed E-state index contributed by atoms with van der Waals surface area (Å²) >= 11 is 0. The Morgan fingerprint density at radius 1 is 1.04 bits per heavy atom. The third-order valence-electron chi connectivity index (χ3n) is 3.35. The number of rotatable bonds is 7. The number of carbonyl (C=O) groups is 1. The van der Waals surface area contributed by atoms with Crippen molar-refractivity contribution in [1.29, 1.82) is 0 Å². The largest absolute Gasteiger partial charge is 0.747 e. The predicted octanol–water partition coefficient (Wildman–Crippen LogP) is 5.71. The van der Waals surface area contributed by atoms with Gasteiger partial charge in [-0.2, -0.15) is 6.07 Å². The zero-order valence-electron chi connectivity index (χ0n) is 17.0. The summed E-state index contributed by atoms with van der Waals surface area (Å²) in [6, 6.07) is 14.0. The summed E-state index contributed by atoms with van der Waals surface area (Å²) < 4.78 is 11.5. The van der Waals surface area contributed by atoms with Crippen LogP contribution in [-0.4, -0.2) is 22.4 Å². The zero-order valence-corrected chi connectivity index (χ0v) is 20.1. The van der Waals surface area contributed by atoms with Gasteiger partial charge in [-0.25, -0.2) is 12.1 Å². The smallest absolute Gasteiger partial charge is 0.184 e. The molecule has 3 nitrogen and oxygen atoms in total. The van der Waals surface area contributed by atoms with Crippen LogP contribution in [0.5, 0.6) is 0 Å². The molecule has 0 radical (unpaired) electrons. The van der Waals surface area contributed by atoms with Crippen LogP contribution >= 0.6 is 0 Å².